The van der Waals surface area contributed by atoms with Crippen molar-refractivity contribution in [2.45, 2.75) is 31.2 Å². The van der Waals surface area contributed by atoms with Crippen LogP contribution in [0.1, 0.15) is 46.7 Å². The number of aryl methyl sites for hydroxylation is 1. The van der Waals surface area contributed by atoms with Crippen LogP contribution >= 0.6 is 0 Å². The van der Waals surface area contributed by atoms with E-state index < -0.39 is 24.0 Å². The molecule has 0 radical (unpaired) electrons. The molecule has 2 amide bonds. The number of likely N-dealkylation sites (tertiary alicyclic amines) is 1. The highest BCUT2D eigenvalue weighted by molar-refractivity contribution is 6.03. The number of carbonyl (C=O) groups excluding carboxylic acids is 2. The van der Waals surface area contributed by atoms with Crippen molar-refractivity contribution in [2.24, 2.45) is 7.05 Å². The van der Waals surface area contributed by atoms with E-state index in [1.165, 1.54) is 15.8 Å². The van der Waals surface area contributed by atoms with Gasteiger partial charge in [0.25, 0.3) is 5.91 Å². The Balaban J connectivity index is 1.31. The number of carboxylic acid groups (broad SMARTS) is 1. The highest BCUT2D eigenvalue weighted by Crippen LogP contribution is 2.44. The number of carbonyl (C=O) groups is 3. The molecule has 2 aromatic carbocycles. The molecule has 3 aromatic rings. The molecule has 35 heavy (non-hydrogen) atoms. The maximum Gasteiger partial charge on any atom is 0.412 e. The minimum Gasteiger partial charge on any atom is -0.480 e. The summed E-state index contributed by atoms with van der Waals surface area (Å²) in [7, 11) is 1.60. The standard InChI is InChI=1S/C26H26N4O5/c1-29-23(20(14-27-29)24(31)30-13-7-6-12-22(30)25(32)33)28-26(34)35-15-21-18-10-4-2-8-16(18)17-9-3-5-11-19(17)21/h2-5,8-11,14,21-22H,6-7,12-13,15H2,1H3,(H,28,34)(H,32,33)/t22-/m0/s1. The monoisotopic (exact) mass is 474 g/mol. The van der Waals surface area contributed by atoms with Gasteiger partial charge in [0.2, 0.25) is 0 Å². The second-order valence-electron chi connectivity index (χ2n) is 8.83. The van der Waals surface area contributed by atoms with Gasteiger partial charge in [0.05, 0.1) is 6.20 Å². The van der Waals surface area contributed by atoms with Crippen LogP contribution in [0.3, 0.4) is 0 Å². The molecule has 0 unspecified atom stereocenters. The second kappa shape index (κ2) is 9.25. The number of amides is 2. The number of anilines is 1. The molecule has 1 aliphatic heterocycles. The molecule has 5 rings (SSSR count). The number of nitrogens with one attached hydrogen (secondary N) is 1. The van der Waals surface area contributed by atoms with Gasteiger partial charge in [-0.2, -0.15) is 5.10 Å². The van der Waals surface area contributed by atoms with E-state index >= 15 is 0 Å². The predicted octanol–water partition coefficient (Wildman–Crippen LogP) is 3.86. The summed E-state index contributed by atoms with van der Waals surface area (Å²) in [6.07, 6.45) is 2.51. The molecule has 0 spiro atoms. The highest BCUT2D eigenvalue weighted by Gasteiger charge is 2.35. The van der Waals surface area contributed by atoms with Crippen molar-refractivity contribution in [3.05, 3.63) is 71.4 Å². The van der Waals surface area contributed by atoms with Gasteiger partial charge in [0, 0.05) is 19.5 Å². The molecule has 0 bridgehead atoms. The zero-order valence-electron chi connectivity index (χ0n) is 19.3. The summed E-state index contributed by atoms with van der Waals surface area (Å²) in [5, 5.41) is 16.3. The van der Waals surface area contributed by atoms with E-state index in [-0.39, 0.29) is 23.9 Å². The van der Waals surface area contributed by atoms with E-state index in [1.807, 2.05) is 36.4 Å². The van der Waals surface area contributed by atoms with Crippen molar-refractivity contribution >= 4 is 23.8 Å². The lowest BCUT2D eigenvalue weighted by molar-refractivity contribution is -0.143. The topological polar surface area (TPSA) is 114 Å². The lowest BCUT2D eigenvalue weighted by Crippen LogP contribution is -2.48. The molecular formula is C26H26N4O5. The third kappa shape index (κ3) is 4.14. The van der Waals surface area contributed by atoms with E-state index in [2.05, 4.69) is 22.5 Å². The first-order chi connectivity index (χ1) is 17.0. The SMILES string of the molecule is Cn1ncc(C(=O)N2CCCC[C@H]2C(=O)O)c1NC(=O)OCC1c2ccccc2-c2ccccc21. The summed E-state index contributed by atoms with van der Waals surface area (Å²) in [5.41, 5.74) is 4.59. The number of aliphatic carboxylic acids is 1. The Hall–Kier alpha value is -4.14. The van der Waals surface area contributed by atoms with E-state index in [0.717, 1.165) is 35.1 Å². The van der Waals surface area contributed by atoms with Crippen molar-refractivity contribution in [1.82, 2.24) is 14.7 Å². The largest absolute Gasteiger partial charge is 0.480 e. The zero-order chi connectivity index (χ0) is 24.5. The van der Waals surface area contributed by atoms with Crippen LogP contribution in [-0.4, -0.2) is 57.0 Å². The minimum atomic E-state index is -1.03. The first kappa shape index (κ1) is 22.6. The quantitative estimate of drug-likeness (QED) is 0.581. The van der Waals surface area contributed by atoms with Gasteiger partial charge in [-0.05, 0) is 41.5 Å². The number of fused-ring (bicyclic) bond motifs is 3. The Kier molecular flexibility index (Phi) is 5.98. The van der Waals surface area contributed by atoms with Crippen LogP contribution in [0.5, 0.6) is 0 Å². The Morgan fingerprint density at radius 1 is 1.06 bits per heavy atom. The van der Waals surface area contributed by atoms with Gasteiger partial charge in [-0.3, -0.25) is 14.8 Å². The number of nitrogens with zero attached hydrogens (tertiary/aromatic N) is 3. The van der Waals surface area contributed by atoms with Crippen LogP contribution in [0, 0.1) is 0 Å². The number of piperidine rings is 1. The maximum atomic E-state index is 13.2. The molecule has 1 aliphatic carbocycles. The highest BCUT2D eigenvalue weighted by atomic mass is 16.5. The number of aromatic nitrogens is 2. The van der Waals surface area contributed by atoms with E-state index in [4.69, 9.17) is 4.74 Å². The second-order valence-corrected chi connectivity index (χ2v) is 8.83. The van der Waals surface area contributed by atoms with Crippen molar-refractivity contribution in [3.63, 3.8) is 0 Å². The molecule has 1 fully saturated rings. The average molecular weight is 475 g/mol. The first-order valence-electron chi connectivity index (χ1n) is 11.6. The van der Waals surface area contributed by atoms with E-state index in [9.17, 15) is 19.5 Å². The molecule has 2 aliphatic rings. The van der Waals surface area contributed by atoms with Crippen LogP contribution in [0.4, 0.5) is 10.6 Å². The molecule has 180 valence electrons. The first-order valence-corrected chi connectivity index (χ1v) is 11.6. The van der Waals surface area contributed by atoms with Gasteiger partial charge >= 0.3 is 12.1 Å². The number of benzene rings is 2. The summed E-state index contributed by atoms with van der Waals surface area (Å²) in [6.45, 7) is 0.475. The van der Waals surface area contributed by atoms with Crippen molar-refractivity contribution in [1.29, 1.82) is 0 Å². The number of hydrogen-bond donors (Lipinski definition) is 2. The Morgan fingerprint density at radius 2 is 1.71 bits per heavy atom. The lowest BCUT2D eigenvalue weighted by atomic mass is 9.98. The molecule has 1 atom stereocenters. The van der Waals surface area contributed by atoms with Crippen LogP contribution in [0.2, 0.25) is 0 Å². The van der Waals surface area contributed by atoms with E-state index in [1.54, 1.807) is 7.05 Å². The summed E-state index contributed by atoms with van der Waals surface area (Å²) in [4.78, 5) is 39.0. The fourth-order valence-electron chi connectivity index (χ4n) is 5.06. The Labute approximate surface area is 202 Å². The molecule has 1 aromatic heterocycles. The summed E-state index contributed by atoms with van der Waals surface area (Å²) in [6, 6.07) is 15.2. The van der Waals surface area contributed by atoms with Crippen molar-refractivity contribution < 1.29 is 24.2 Å². The third-order valence-electron chi connectivity index (χ3n) is 6.78. The third-order valence-corrected chi connectivity index (χ3v) is 6.78. The molecule has 1 saturated heterocycles. The molecule has 9 nitrogen and oxygen atoms in total. The average Bonchev–Trinajstić information content (AvgIpc) is 3.40. The molecule has 2 heterocycles. The number of carboxylic acids is 1. The summed E-state index contributed by atoms with van der Waals surface area (Å²) >= 11 is 0. The fourth-order valence-corrected chi connectivity index (χ4v) is 5.06. The minimum absolute atomic E-state index is 0.0922. The van der Waals surface area contributed by atoms with Gasteiger partial charge in [0.15, 0.2) is 0 Å². The number of rotatable bonds is 5. The van der Waals surface area contributed by atoms with E-state index in [0.29, 0.717) is 13.0 Å². The lowest BCUT2D eigenvalue weighted by Gasteiger charge is -2.32. The van der Waals surface area contributed by atoms with Gasteiger partial charge in [-0.1, -0.05) is 48.5 Å². The molecule has 2 N–H and O–H groups in total. The Morgan fingerprint density at radius 3 is 2.37 bits per heavy atom. The van der Waals surface area contributed by atoms with Crippen molar-refractivity contribution in [3.8, 4) is 11.1 Å². The predicted molar refractivity (Wildman–Crippen MR) is 128 cm³/mol. The normalized spacial score (nSPS) is 16.9. The van der Waals surface area contributed by atoms with Gasteiger partial charge < -0.3 is 14.7 Å². The van der Waals surface area contributed by atoms with Crippen LogP contribution < -0.4 is 5.32 Å². The van der Waals surface area contributed by atoms with Gasteiger partial charge in [-0.25, -0.2) is 9.59 Å². The smallest absolute Gasteiger partial charge is 0.412 e. The van der Waals surface area contributed by atoms with Crippen LogP contribution in [0.15, 0.2) is 54.7 Å². The molecule has 9 heteroatoms. The number of hydrogen-bond acceptors (Lipinski definition) is 5. The summed E-state index contributed by atoms with van der Waals surface area (Å²) < 4.78 is 6.97. The van der Waals surface area contributed by atoms with Crippen molar-refractivity contribution in [2.75, 3.05) is 18.5 Å². The number of ether oxygens (including phenoxy) is 1. The zero-order valence-corrected chi connectivity index (χ0v) is 19.3. The van der Waals surface area contributed by atoms with Crippen LogP contribution in [-0.2, 0) is 16.6 Å². The molecular weight excluding hydrogens is 448 g/mol. The Bertz CT molecular complexity index is 1250. The fraction of sp³-hybridized carbons (Fsp3) is 0.308. The van der Waals surface area contributed by atoms with Crippen LogP contribution in [0.25, 0.3) is 11.1 Å². The van der Waals surface area contributed by atoms with Gasteiger partial charge in [0.1, 0.15) is 24.0 Å². The van der Waals surface area contributed by atoms with Gasteiger partial charge in [-0.15, -0.1) is 0 Å². The molecule has 0 saturated carbocycles. The summed E-state index contributed by atoms with van der Waals surface area (Å²) in [5.74, 6) is -1.43. The maximum absolute atomic E-state index is 13.2.